The lowest BCUT2D eigenvalue weighted by atomic mass is 9.98. The molecule has 5 heteroatoms. The van der Waals surface area contributed by atoms with Crippen molar-refractivity contribution in [3.8, 4) is 0 Å². The summed E-state index contributed by atoms with van der Waals surface area (Å²) in [6, 6.07) is 12.4. The summed E-state index contributed by atoms with van der Waals surface area (Å²) >= 11 is 3.40. The zero-order chi connectivity index (χ0) is 15.7. The Labute approximate surface area is 136 Å². The maximum atomic E-state index is 12.6. The molecule has 0 unspecified atom stereocenters. The summed E-state index contributed by atoms with van der Waals surface area (Å²) in [7, 11) is 0. The number of nitrogens with zero attached hydrogens (tertiary/aromatic N) is 1. The van der Waals surface area contributed by atoms with Crippen LogP contribution in [0, 0.1) is 0 Å². The molecule has 1 amide bonds. The highest BCUT2D eigenvalue weighted by molar-refractivity contribution is 9.10. The van der Waals surface area contributed by atoms with Crippen molar-refractivity contribution in [1.29, 1.82) is 0 Å². The second-order valence-electron chi connectivity index (χ2n) is 5.28. The molecule has 22 heavy (non-hydrogen) atoms. The number of rotatable bonds is 3. The van der Waals surface area contributed by atoms with Crippen LogP contribution in [0.15, 0.2) is 46.9 Å². The fraction of sp³-hybridized carbons (Fsp3) is 0.176. The van der Waals surface area contributed by atoms with E-state index in [1.165, 1.54) is 0 Å². The van der Waals surface area contributed by atoms with Crippen LogP contribution in [-0.2, 0) is 13.0 Å². The van der Waals surface area contributed by atoms with E-state index < -0.39 is 5.97 Å². The van der Waals surface area contributed by atoms with Crippen molar-refractivity contribution in [1.82, 2.24) is 4.90 Å². The quantitative estimate of drug-likeness (QED) is 0.913. The van der Waals surface area contributed by atoms with Crippen molar-refractivity contribution >= 4 is 27.8 Å². The van der Waals surface area contributed by atoms with Gasteiger partial charge in [-0.05, 0) is 41.8 Å². The highest BCUT2D eigenvalue weighted by atomic mass is 79.9. The molecule has 0 fully saturated rings. The lowest BCUT2D eigenvalue weighted by Gasteiger charge is -2.28. The molecule has 0 radical (unpaired) electrons. The van der Waals surface area contributed by atoms with E-state index >= 15 is 0 Å². The predicted molar refractivity (Wildman–Crippen MR) is 86.0 cm³/mol. The predicted octanol–water partition coefficient (Wildman–Crippen LogP) is 3.35. The first-order chi connectivity index (χ1) is 10.5. The summed E-state index contributed by atoms with van der Waals surface area (Å²) in [5.41, 5.74) is 2.99. The monoisotopic (exact) mass is 359 g/mol. The van der Waals surface area contributed by atoms with Gasteiger partial charge < -0.3 is 10.0 Å². The minimum absolute atomic E-state index is 0.0184. The standard InChI is InChI=1S/C17H14BrNO3/c18-14-6-5-12-7-8-19(16(20)15(12)9-14)10-11-1-3-13(4-2-11)17(21)22/h1-6,9H,7-8,10H2,(H,21,22). The minimum Gasteiger partial charge on any atom is -0.478 e. The molecule has 2 aromatic rings. The van der Waals surface area contributed by atoms with Gasteiger partial charge in [0.2, 0.25) is 0 Å². The van der Waals surface area contributed by atoms with Gasteiger partial charge in [-0.15, -0.1) is 0 Å². The molecule has 0 aliphatic carbocycles. The first-order valence-electron chi connectivity index (χ1n) is 6.94. The molecule has 0 bridgehead atoms. The molecule has 0 saturated heterocycles. The number of carboxylic acid groups (broad SMARTS) is 1. The normalized spacial score (nSPS) is 13.9. The molecule has 2 aromatic carbocycles. The second kappa shape index (κ2) is 5.93. The van der Waals surface area contributed by atoms with Crippen molar-refractivity contribution in [2.24, 2.45) is 0 Å². The smallest absolute Gasteiger partial charge is 0.335 e. The van der Waals surface area contributed by atoms with E-state index in [1.807, 2.05) is 18.2 Å². The zero-order valence-electron chi connectivity index (χ0n) is 11.8. The number of benzene rings is 2. The number of carbonyl (C=O) groups excluding carboxylic acids is 1. The van der Waals surface area contributed by atoms with E-state index in [-0.39, 0.29) is 11.5 Å². The van der Waals surface area contributed by atoms with Gasteiger partial charge in [0.05, 0.1) is 5.56 Å². The van der Waals surface area contributed by atoms with E-state index in [1.54, 1.807) is 29.2 Å². The van der Waals surface area contributed by atoms with Crippen LogP contribution < -0.4 is 0 Å². The summed E-state index contributed by atoms with van der Waals surface area (Å²) < 4.78 is 0.896. The molecule has 112 valence electrons. The van der Waals surface area contributed by atoms with E-state index in [0.717, 1.165) is 27.6 Å². The van der Waals surface area contributed by atoms with Crippen LogP contribution in [0.5, 0.6) is 0 Å². The van der Waals surface area contributed by atoms with Crippen LogP contribution in [0.4, 0.5) is 0 Å². The first kappa shape index (κ1) is 14.8. The van der Waals surface area contributed by atoms with Gasteiger partial charge in [-0.2, -0.15) is 0 Å². The molecule has 0 atom stereocenters. The van der Waals surface area contributed by atoms with Crippen LogP contribution in [0.25, 0.3) is 0 Å². The third kappa shape index (κ3) is 2.90. The second-order valence-corrected chi connectivity index (χ2v) is 6.20. The van der Waals surface area contributed by atoms with Crippen molar-refractivity contribution in [2.45, 2.75) is 13.0 Å². The Kier molecular flexibility index (Phi) is 3.98. The van der Waals surface area contributed by atoms with Gasteiger partial charge in [0.1, 0.15) is 0 Å². The van der Waals surface area contributed by atoms with Gasteiger partial charge in [0.25, 0.3) is 5.91 Å². The topological polar surface area (TPSA) is 57.6 Å². The maximum absolute atomic E-state index is 12.6. The van der Waals surface area contributed by atoms with Gasteiger partial charge in [0, 0.05) is 23.1 Å². The Bertz CT molecular complexity index is 740. The Morgan fingerprint density at radius 2 is 1.91 bits per heavy atom. The fourth-order valence-corrected chi connectivity index (χ4v) is 2.98. The van der Waals surface area contributed by atoms with Gasteiger partial charge in [-0.3, -0.25) is 4.79 Å². The Hall–Kier alpha value is -2.14. The molecule has 0 saturated carbocycles. The highest BCUT2D eigenvalue weighted by Gasteiger charge is 2.24. The number of halogens is 1. The average molecular weight is 360 g/mol. The SMILES string of the molecule is O=C(O)c1ccc(CN2CCc3ccc(Br)cc3C2=O)cc1. The number of carbonyl (C=O) groups is 2. The summed E-state index contributed by atoms with van der Waals surface area (Å²) in [5.74, 6) is -0.927. The lowest BCUT2D eigenvalue weighted by Crippen LogP contribution is -2.37. The molecule has 1 aliphatic heterocycles. The van der Waals surface area contributed by atoms with Crippen LogP contribution in [-0.4, -0.2) is 28.4 Å². The highest BCUT2D eigenvalue weighted by Crippen LogP contribution is 2.24. The van der Waals surface area contributed by atoms with E-state index in [4.69, 9.17) is 5.11 Å². The largest absolute Gasteiger partial charge is 0.478 e. The molecular formula is C17H14BrNO3. The van der Waals surface area contributed by atoms with E-state index in [9.17, 15) is 9.59 Å². The van der Waals surface area contributed by atoms with Gasteiger partial charge in [0.15, 0.2) is 0 Å². The third-order valence-electron chi connectivity index (χ3n) is 3.81. The molecule has 0 spiro atoms. The van der Waals surface area contributed by atoms with Gasteiger partial charge >= 0.3 is 5.97 Å². The summed E-state index contributed by atoms with van der Waals surface area (Å²) in [6.45, 7) is 1.17. The van der Waals surface area contributed by atoms with Crippen LogP contribution in [0.3, 0.4) is 0 Å². The van der Waals surface area contributed by atoms with Crippen LogP contribution in [0.2, 0.25) is 0 Å². The van der Waals surface area contributed by atoms with Crippen molar-refractivity contribution < 1.29 is 14.7 Å². The molecular weight excluding hydrogens is 346 g/mol. The number of amides is 1. The molecule has 1 N–H and O–H groups in total. The van der Waals surface area contributed by atoms with Crippen LogP contribution in [0.1, 0.15) is 31.8 Å². The van der Waals surface area contributed by atoms with Crippen molar-refractivity contribution in [2.75, 3.05) is 6.54 Å². The Morgan fingerprint density at radius 1 is 1.18 bits per heavy atom. The number of carboxylic acids is 1. The summed E-state index contributed by atoms with van der Waals surface area (Å²) in [5, 5.41) is 8.91. The number of hydrogen-bond acceptors (Lipinski definition) is 2. The average Bonchev–Trinajstić information content (AvgIpc) is 2.51. The van der Waals surface area contributed by atoms with E-state index in [2.05, 4.69) is 15.9 Å². The molecule has 1 heterocycles. The number of hydrogen-bond donors (Lipinski definition) is 1. The minimum atomic E-state index is -0.945. The van der Waals surface area contributed by atoms with E-state index in [0.29, 0.717) is 13.1 Å². The third-order valence-corrected chi connectivity index (χ3v) is 4.31. The Balaban J connectivity index is 1.79. The summed E-state index contributed by atoms with van der Waals surface area (Å²) in [4.78, 5) is 25.2. The zero-order valence-corrected chi connectivity index (χ0v) is 13.3. The van der Waals surface area contributed by atoms with Gasteiger partial charge in [-0.1, -0.05) is 34.1 Å². The number of fused-ring (bicyclic) bond motifs is 1. The molecule has 4 nitrogen and oxygen atoms in total. The number of aromatic carboxylic acids is 1. The molecule has 1 aliphatic rings. The molecule has 3 rings (SSSR count). The van der Waals surface area contributed by atoms with Crippen molar-refractivity contribution in [3.63, 3.8) is 0 Å². The lowest BCUT2D eigenvalue weighted by molar-refractivity contribution is 0.0693. The maximum Gasteiger partial charge on any atom is 0.335 e. The van der Waals surface area contributed by atoms with Gasteiger partial charge in [-0.25, -0.2) is 4.79 Å². The molecule has 0 aromatic heterocycles. The Morgan fingerprint density at radius 3 is 2.59 bits per heavy atom. The van der Waals surface area contributed by atoms with Crippen molar-refractivity contribution in [3.05, 3.63) is 69.2 Å². The fourth-order valence-electron chi connectivity index (χ4n) is 2.62. The summed E-state index contributed by atoms with van der Waals surface area (Å²) in [6.07, 6.45) is 0.835. The van der Waals surface area contributed by atoms with Crippen LogP contribution >= 0.6 is 15.9 Å². The first-order valence-corrected chi connectivity index (χ1v) is 7.74.